The van der Waals surface area contributed by atoms with Gasteiger partial charge in [-0.15, -0.1) is 5.10 Å². The van der Waals surface area contributed by atoms with Gasteiger partial charge in [0.1, 0.15) is 6.54 Å². The van der Waals surface area contributed by atoms with E-state index in [2.05, 4.69) is 24.2 Å². The first-order valence-electron chi connectivity index (χ1n) is 6.79. The smallest absolute Gasteiger partial charge is 0.358 e. The van der Waals surface area contributed by atoms with Crippen molar-refractivity contribution in [2.24, 2.45) is 5.41 Å². The zero-order valence-corrected chi connectivity index (χ0v) is 11.9. The van der Waals surface area contributed by atoms with Crippen LogP contribution in [-0.2, 0) is 11.3 Å². The standard InChI is InChI=1S/C13H20N4O3/c1-13(2)4-3-6-16(7-5-13)11(18)9-17-8-10(12(19)20)14-15-17/h8H,3-7,9H2,1-2H3,(H,19,20). The molecule has 1 saturated heterocycles. The number of carboxylic acids is 1. The molecule has 0 saturated carbocycles. The number of rotatable bonds is 3. The van der Waals surface area contributed by atoms with Crippen LogP contribution in [-0.4, -0.2) is 50.0 Å². The summed E-state index contributed by atoms with van der Waals surface area (Å²) in [7, 11) is 0. The molecule has 110 valence electrons. The summed E-state index contributed by atoms with van der Waals surface area (Å²) in [5.74, 6) is -1.18. The molecule has 20 heavy (non-hydrogen) atoms. The maximum absolute atomic E-state index is 12.2. The third-order valence-corrected chi connectivity index (χ3v) is 3.75. The lowest BCUT2D eigenvalue weighted by Crippen LogP contribution is -2.35. The number of carboxylic acid groups (broad SMARTS) is 1. The van der Waals surface area contributed by atoms with Gasteiger partial charge in [-0.3, -0.25) is 4.79 Å². The molecule has 0 radical (unpaired) electrons. The van der Waals surface area contributed by atoms with Gasteiger partial charge in [0.05, 0.1) is 6.20 Å². The van der Waals surface area contributed by atoms with Crippen molar-refractivity contribution < 1.29 is 14.7 Å². The molecule has 1 aliphatic rings. The van der Waals surface area contributed by atoms with Crippen LogP contribution in [0.2, 0.25) is 0 Å². The largest absolute Gasteiger partial charge is 0.476 e. The highest BCUT2D eigenvalue weighted by atomic mass is 16.4. The van der Waals surface area contributed by atoms with Crippen LogP contribution in [0.25, 0.3) is 0 Å². The van der Waals surface area contributed by atoms with Crippen LogP contribution in [0.4, 0.5) is 0 Å². The molecular weight excluding hydrogens is 260 g/mol. The molecular formula is C13H20N4O3. The van der Waals surface area contributed by atoms with Crippen LogP contribution in [0.1, 0.15) is 43.6 Å². The van der Waals surface area contributed by atoms with E-state index in [0.717, 1.165) is 32.4 Å². The van der Waals surface area contributed by atoms with Crippen molar-refractivity contribution in [3.63, 3.8) is 0 Å². The van der Waals surface area contributed by atoms with Crippen LogP contribution in [0, 0.1) is 5.41 Å². The van der Waals surface area contributed by atoms with Gasteiger partial charge in [-0.2, -0.15) is 0 Å². The highest BCUT2D eigenvalue weighted by Crippen LogP contribution is 2.29. The molecule has 1 amide bonds. The first-order chi connectivity index (χ1) is 9.37. The highest BCUT2D eigenvalue weighted by molar-refractivity contribution is 5.84. The van der Waals surface area contributed by atoms with E-state index in [9.17, 15) is 9.59 Å². The lowest BCUT2D eigenvalue weighted by Gasteiger charge is -2.23. The Hall–Kier alpha value is -1.92. The lowest BCUT2D eigenvalue weighted by atomic mass is 9.85. The fraction of sp³-hybridized carbons (Fsp3) is 0.692. The molecule has 0 atom stereocenters. The summed E-state index contributed by atoms with van der Waals surface area (Å²) < 4.78 is 1.28. The topological polar surface area (TPSA) is 88.3 Å². The molecule has 0 unspecified atom stereocenters. The van der Waals surface area contributed by atoms with E-state index in [1.807, 2.05) is 4.90 Å². The first-order valence-corrected chi connectivity index (χ1v) is 6.79. The predicted molar refractivity (Wildman–Crippen MR) is 71.2 cm³/mol. The average molecular weight is 280 g/mol. The van der Waals surface area contributed by atoms with E-state index in [1.54, 1.807) is 0 Å². The number of carbonyl (C=O) groups excluding carboxylic acids is 1. The Bertz CT molecular complexity index is 509. The van der Waals surface area contributed by atoms with Gasteiger partial charge < -0.3 is 10.0 Å². The van der Waals surface area contributed by atoms with Crippen molar-refractivity contribution in [2.45, 2.75) is 39.7 Å². The summed E-state index contributed by atoms with van der Waals surface area (Å²) in [4.78, 5) is 24.7. The number of aromatic nitrogens is 3. The molecule has 7 nitrogen and oxygen atoms in total. The van der Waals surface area contributed by atoms with Gasteiger partial charge in [0.25, 0.3) is 0 Å². The van der Waals surface area contributed by atoms with Crippen LogP contribution >= 0.6 is 0 Å². The fourth-order valence-electron chi connectivity index (χ4n) is 2.38. The van der Waals surface area contributed by atoms with E-state index in [0.29, 0.717) is 0 Å². The molecule has 1 fully saturated rings. The predicted octanol–water partition coefficient (Wildman–Crippen LogP) is 1.01. The summed E-state index contributed by atoms with van der Waals surface area (Å²) in [6.07, 6.45) is 4.37. The maximum atomic E-state index is 12.2. The lowest BCUT2D eigenvalue weighted by molar-refractivity contribution is -0.132. The summed E-state index contributed by atoms with van der Waals surface area (Å²) >= 11 is 0. The number of amides is 1. The number of aromatic carboxylic acids is 1. The fourth-order valence-corrected chi connectivity index (χ4v) is 2.38. The Labute approximate surface area is 117 Å². The van der Waals surface area contributed by atoms with E-state index in [-0.39, 0.29) is 23.6 Å². The zero-order valence-electron chi connectivity index (χ0n) is 11.9. The number of hydrogen-bond acceptors (Lipinski definition) is 4. The molecule has 2 rings (SSSR count). The summed E-state index contributed by atoms with van der Waals surface area (Å²) in [6.45, 7) is 5.98. The molecule has 0 bridgehead atoms. The first kappa shape index (κ1) is 14.5. The number of hydrogen-bond donors (Lipinski definition) is 1. The van der Waals surface area contributed by atoms with Crippen molar-refractivity contribution in [3.05, 3.63) is 11.9 Å². The van der Waals surface area contributed by atoms with Crippen LogP contribution < -0.4 is 0 Å². The SMILES string of the molecule is CC1(C)CCCN(C(=O)Cn2cc(C(=O)O)nn2)CC1. The number of nitrogens with zero attached hydrogens (tertiary/aromatic N) is 4. The molecule has 1 aromatic rings. The Kier molecular flexibility index (Phi) is 4.06. The van der Waals surface area contributed by atoms with E-state index in [1.165, 1.54) is 10.9 Å². The van der Waals surface area contributed by atoms with Crippen LogP contribution in [0.15, 0.2) is 6.20 Å². The molecule has 1 N–H and O–H groups in total. The van der Waals surface area contributed by atoms with E-state index >= 15 is 0 Å². The van der Waals surface area contributed by atoms with Gasteiger partial charge in [0.15, 0.2) is 5.69 Å². The van der Waals surface area contributed by atoms with Crippen LogP contribution in [0.5, 0.6) is 0 Å². The Morgan fingerprint density at radius 2 is 2.10 bits per heavy atom. The Morgan fingerprint density at radius 3 is 2.75 bits per heavy atom. The average Bonchev–Trinajstić information content (AvgIpc) is 2.74. The molecule has 1 aromatic heterocycles. The van der Waals surface area contributed by atoms with Crippen molar-refractivity contribution in [1.82, 2.24) is 19.9 Å². The second kappa shape index (κ2) is 5.60. The molecule has 7 heteroatoms. The third kappa shape index (κ3) is 3.55. The van der Waals surface area contributed by atoms with Gasteiger partial charge in [-0.1, -0.05) is 19.1 Å². The minimum atomic E-state index is -1.14. The van der Waals surface area contributed by atoms with Gasteiger partial charge in [-0.05, 0) is 24.7 Å². The van der Waals surface area contributed by atoms with Gasteiger partial charge >= 0.3 is 5.97 Å². The molecule has 1 aliphatic heterocycles. The normalized spacial score (nSPS) is 18.6. The van der Waals surface area contributed by atoms with Crippen molar-refractivity contribution in [3.8, 4) is 0 Å². The van der Waals surface area contributed by atoms with Crippen molar-refractivity contribution in [1.29, 1.82) is 0 Å². The molecule has 2 heterocycles. The Balaban J connectivity index is 1.95. The quantitative estimate of drug-likeness (QED) is 0.892. The highest BCUT2D eigenvalue weighted by Gasteiger charge is 2.25. The zero-order chi connectivity index (χ0) is 14.8. The minimum Gasteiger partial charge on any atom is -0.476 e. The molecule has 0 aliphatic carbocycles. The summed E-state index contributed by atoms with van der Waals surface area (Å²) in [5.41, 5.74) is 0.133. The summed E-state index contributed by atoms with van der Waals surface area (Å²) in [5, 5.41) is 15.9. The van der Waals surface area contributed by atoms with Crippen molar-refractivity contribution in [2.75, 3.05) is 13.1 Å². The van der Waals surface area contributed by atoms with Crippen molar-refractivity contribution >= 4 is 11.9 Å². The number of likely N-dealkylation sites (tertiary alicyclic amines) is 1. The molecule has 0 aromatic carbocycles. The van der Waals surface area contributed by atoms with E-state index < -0.39 is 5.97 Å². The number of carbonyl (C=O) groups is 2. The second-order valence-electron chi connectivity index (χ2n) is 6.01. The molecule has 0 spiro atoms. The Morgan fingerprint density at radius 1 is 1.35 bits per heavy atom. The van der Waals surface area contributed by atoms with Gasteiger partial charge in [-0.25, -0.2) is 9.48 Å². The third-order valence-electron chi connectivity index (χ3n) is 3.75. The maximum Gasteiger partial charge on any atom is 0.358 e. The van der Waals surface area contributed by atoms with Crippen LogP contribution in [0.3, 0.4) is 0 Å². The summed E-state index contributed by atoms with van der Waals surface area (Å²) in [6, 6.07) is 0. The second-order valence-corrected chi connectivity index (χ2v) is 6.01. The van der Waals surface area contributed by atoms with Gasteiger partial charge in [0.2, 0.25) is 5.91 Å². The monoisotopic (exact) mass is 280 g/mol. The van der Waals surface area contributed by atoms with Gasteiger partial charge in [0, 0.05) is 13.1 Å². The minimum absolute atomic E-state index is 0.0375. The van der Waals surface area contributed by atoms with E-state index in [4.69, 9.17) is 5.11 Å².